The van der Waals surface area contributed by atoms with Crippen LogP contribution < -0.4 is 0 Å². The molecule has 0 saturated heterocycles. The van der Waals surface area contributed by atoms with Crippen molar-refractivity contribution in [2.75, 3.05) is 7.05 Å². The van der Waals surface area contributed by atoms with Gasteiger partial charge in [-0.15, -0.1) is 3.71 Å². The Hall–Kier alpha value is -0.230. The molecule has 0 aliphatic heterocycles. The summed E-state index contributed by atoms with van der Waals surface area (Å²) in [6.45, 7) is 0. The van der Waals surface area contributed by atoms with Crippen molar-refractivity contribution in [3.63, 3.8) is 0 Å². The van der Waals surface area contributed by atoms with Crippen LogP contribution in [0.15, 0.2) is 35.2 Å². The van der Waals surface area contributed by atoms with E-state index in [1.807, 2.05) is 0 Å². The first-order chi connectivity index (χ1) is 6.09. The number of rotatable bonds is 3. The molecule has 0 bridgehead atoms. The third kappa shape index (κ3) is 2.37. The minimum atomic E-state index is -3.42. The summed E-state index contributed by atoms with van der Waals surface area (Å²) in [5, 5.41) is 0. The maximum absolute atomic E-state index is 11.6. The summed E-state index contributed by atoms with van der Waals surface area (Å²) < 4.78 is 24.2. The summed E-state index contributed by atoms with van der Waals surface area (Å²) in [5.74, 6) is 0. The lowest BCUT2D eigenvalue weighted by molar-refractivity contribution is 0.565. The summed E-state index contributed by atoms with van der Waals surface area (Å²) >= 11 is 0.644. The molecule has 0 amide bonds. The molecule has 6 heteroatoms. The van der Waals surface area contributed by atoms with Crippen molar-refractivity contribution in [3.05, 3.63) is 30.3 Å². The van der Waals surface area contributed by atoms with Crippen molar-refractivity contribution in [1.82, 2.24) is 3.71 Å². The standard InChI is InChI=1S/C7H8ClNO2S2/c1-9(12-8)13(10,11)7-5-3-2-4-6-7/h2-6H,1H3. The van der Waals surface area contributed by atoms with E-state index in [2.05, 4.69) is 0 Å². The Balaban J connectivity index is 3.09. The van der Waals surface area contributed by atoms with Gasteiger partial charge in [-0.05, 0) is 22.8 Å². The van der Waals surface area contributed by atoms with Gasteiger partial charge in [0.2, 0.25) is 0 Å². The molecule has 0 N–H and O–H groups in total. The molecule has 0 aromatic heterocycles. The first-order valence-corrected chi connectivity index (χ1v) is 6.45. The molecule has 1 aromatic carbocycles. The van der Waals surface area contributed by atoms with Crippen molar-refractivity contribution >= 4 is 31.9 Å². The van der Waals surface area contributed by atoms with Crippen molar-refractivity contribution in [3.8, 4) is 0 Å². The summed E-state index contributed by atoms with van der Waals surface area (Å²) in [4.78, 5) is 0.241. The van der Waals surface area contributed by atoms with Gasteiger partial charge in [-0.2, -0.15) is 0 Å². The lowest BCUT2D eigenvalue weighted by Gasteiger charge is -2.11. The summed E-state index contributed by atoms with van der Waals surface area (Å²) in [7, 11) is 3.33. The lowest BCUT2D eigenvalue weighted by Crippen LogP contribution is -2.18. The molecule has 0 spiro atoms. The van der Waals surface area contributed by atoms with Crippen molar-refractivity contribution in [2.45, 2.75) is 4.90 Å². The summed E-state index contributed by atoms with van der Waals surface area (Å²) in [6.07, 6.45) is 0. The van der Waals surface area contributed by atoms with Gasteiger partial charge >= 0.3 is 0 Å². The van der Waals surface area contributed by atoms with E-state index >= 15 is 0 Å². The Morgan fingerprint density at radius 3 is 2.31 bits per heavy atom. The summed E-state index contributed by atoms with van der Waals surface area (Å²) in [6, 6.07) is 8.14. The zero-order chi connectivity index (χ0) is 9.90. The Morgan fingerprint density at radius 1 is 1.31 bits per heavy atom. The maximum atomic E-state index is 11.6. The fraction of sp³-hybridized carbons (Fsp3) is 0.143. The minimum absolute atomic E-state index is 0.241. The molecule has 0 aliphatic carbocycles. The molecule has 0 radical (unpaired) electrons. The van der Waals surface area contributed by atoms with Gasteiger partial charge in [0, 0.05) is 18.2 Å². The Labute approximate surface area is 86.4 Å². The molecule has 1 aromatic rings. The average molecular weight is 238 g/mol. The second kappa shape index (κ2) is 4.32. The molecule has 0 unspecified atom stereocenters. The van der Waals surface area contributed by atoms with Crippen LogP contribution in [0.2, 0.25) is 0 Å². The Kier molecular flexibility index (Phi) is 3.61. The second-order valence-corrected chi connectivity index (χ2v) is 5.60. The molecule has 0 fully saturated rings. The largest absolute Gasteiger partial charge is 0.252 e. The zero-order valence-electron chi connectivity index (χ0n) is 6.84. The van der Waals surface area contributed by atoms with E-state index in [-0.39, 0.29) is 4.90 Å². The molecule has 0 atom stereocenters. The van der Waals surface area contributed by atoms with Gasteiger partial charge < -0.3 is 0 Å². The number of benzene rings is 1. The number of nitrogens with zero attached hydrogens (tertiary/aromatic N) is 1. The van der Waals surface area contributed by atoms with Crippen LogP contribution in [0.3, 0.4) is 0 Å². The quantitative estimate of drug-likeness (QED) is 0.756. The number of hydrogen-bond donors (Lipinski definition) is 0. The highest BCUT2D eigenvalue weighted by molar-refractivity contribution is 8.24. The van der Waals surface area contributed by atoms with Crippen LogP contribution in [-0.2, 0) is 10.0 Å². The van der Waals surface area contributed by atoms with Gasteiger partial charge in [-0.25, -0.2) is 8.42 Å². The molecule has 13 heavy (non-hydrogen) atoms. The van der Waals surface area contributed by atoms with Crippen molar-refractivity contribution in [2.24, 2.45) is 0 Å². The topological polar surface area (TPSA) is 37.4 Å². The first kappa shape index (κ1) is 10.8. The molecular weight excluding hydrogens is 230 g/mol. The second-order valence-electron chi connectivity index (χ2n) is 2.30. The van der Waals surface area contributed by atoms with E-state index in [0.29, 0.717) is 11.2 Å². The molecule has 1 rings (SSSR count). The van der Waals surface area contributed by atoms with E-state index in [1.54, 1.807) is 18.2 Å². The van der Waals surface area contributed by atoms with E-state index in [0.717, 1.165) is 3.71 Å². The van der Waals surface area contributed by atoms with Gasteiger partial charge in [0.1, 0.15) is 0 Å². The van der Waals surface area contributed by atoms with Gasteiger partial charge in [0.25, 0.3) is 10.0 Å². The molecule has 0 heterocycles. The first-order valence-electron chi connectivity index (χ1n) is 3.41. The Morgan fingerprint density at radius 2 is 1.85 bits per heavy atom. The third-order valence-corrected chi connectivity index (χ3v) is 4.89. The third-order valence-electron chi connectivity index (χ3n) is 1.48. The number of sulfonamides is 1. The maximum Gasteiger partial charge on any atom is 0.252 e. The SMILES string of the molecule is CN(SCl)S(=O)(=O)c1ccccc1. The highest BCUT2D eigenvalue weighted by atomic mass is 35.7. The highest BCUT2D eigenvalue weighted by Crippen LogP contribution is 2.22. The molecule has 72 valence electrons. The van der Waals surface area contributed by atoms with Gasteiger partial charge in [0.15, 0.2) is 0 Å². The van der Waals surface area contributed by atoms with E-state index in [1.165, 1.54) is 19.2 Å². The fourth-order valence-corrected chi connectivity index (χ4v) is 2.80. The van der Waals surface area contributed by atoms with Gasteiger partial charge in [-0.3, -0.25) is 0 Å². The monoisotopic (exact) mass is 237 g/mol. The van der Waals surface area contributed by atoms with Crippen LogP contribution in [-0.4, -0.2) is 19.2 Å². The van der Waals surface area contributed by atoms with Crippen LogP contribution >= 0.6 is 21.8 Å². The average Bonchev–Trinajstić information content (AvgIpc) is 2.18. The van der Waals surface area contributed by atoms with E-state index in [4.69, 9.17) is 10.7 Å². The van der Waals surface area contributed by atoms with Crippen molar-refractivity contribution in [1.29, 1.82) is 0 Å². The zero-order valence-corrected chi connectivity index (χ0v) is 9.23. The highest BCUT2D eigenvalue weighted by Gasteiger charge is 2.19. The molecule has 0 aliphatic rings. The molecular formula is C7H8ClNO2S2. The Bertz CT molecular complexity index is 365. The van der Waals surface area contributed by atoms with Crippen LogP contribution in [0.5, 0.6) is 0 Å². The van der Waals surface area contributed by atoms with Crippen LogP contribution in [0, 0.1) is 0 Å². The normalized spacial score (nSPS) is 11.9. The smallest absolute Gasteiger partial charge is 0.206 e. The van der Waals surface area contributed by atoms with E-state index in [9.17, 15) is 8.42 Å². The number of halogens is 1. The van der Waals surface area contributed by atoms with Crippen LogP contribution in [0.4, 0.5) is 0 Å². The fourth-order valence-electron chi connectivity index (χ4n) is 0.778. The van der Waals surface area contributed by atoms with E-state index < -0.39 is 10.0 Å². The number of hydrogen-bond acceptors (Lipinski definition) is 3. The van der Waals surface area contributed by atoms with Gasteiger partial charge in [0.05, 0.1) is 4.90 Å². The summed E-state index contributed by atoms with van der Waals surface area (Å²) in [5.41, 5.74) is 0. The molecule has 0 saturated carbocycles. The van der Waals surface area contributed by atoms with Crippen molar-refractivity contribution < 1.29 is 8.42 Å². The predicted octanol–water partition coefficient (Wildman–Crippen LogP) is 2.11. The van der Waals surface area contributed by atoms with Crippen LogP contribution in [0.25, 0.3) is 0 Å². The predicted molar refractivity (Wildman–Crippen MR) is 54.8 cm³/mol. The van der Waals surface area contributed by atoms with Crippen LogP contribution in [0.1, 0.15) is 0 Å². The van der Waals surface area contributed by atoms with Gasteiger partial charge in [-0.1, -0.05) is 18.2 Å². The lowest BCUT2D eigenvalue weighted by atomic mass is 10.4. The molecule has 3 nitrogen and oxygen atoms in total. The minimum Gasteiger partial charge on any atom is -0.206 e.